The van der Waals surface area contributed by atoms with Gasteiger partial charge < -0.3 is 9.11 Å². The molecular formula is H4Na2O16S4. The molecule has 0 saturated heterocycles. The standard InChI is InChI=1S/2Na.H2O8S2.2H2O4S/c;;1-9(2,3)7-8-10(4,5)6;2*1-5(2,3)4/h;;(H,1,2,3)(H,4,5,6);2*(H2,1,2,3,4)/q2*+1;;;/p-2. The molecule has 0 aliphatic carbocycles. The molecule has 0 aromatic rings. The van der Waals surface area contributed by atoms with Gasteiger partial charge in [-0.3, -0.25) is 18.2 Å². The Morgan fingerprint density at radius 3 is 0.682 bits per heavy atom. The number of hydrogen-bond acceptors (Lipinski definition) is 12. The van der Waals surface area contributed by atoms with Crippen LogP contribution in [-0.2, 0) is 50.3 Å². The Kier molecular flexibility index (Phi) is 21.7. The SMILES string of the molecule is O=S(=O)(O)O.O=S(=O)(O)O.O=S(=O)([O-])OOS(=O)(=O)[O-].[Na+].[Na+]. The van der Waals surface area contributed by atoms with Gasteiger partial charge in [0.2, 0.25) is 20.8 Å². The first kappa shape index (κ1) is 34.7. The van der Waals surface area contributed by atoms with Crippen LogP contribution in [-0.4, -0.2) is 61.0 Å². The molecule has 0 rings (SSSR count). The van der Waals surface area contributed by atoms with Crippen LogP contribution in [0.1, 0.15) is 0 Å². The predicted octanol–water partition coefficient (Wildman–Crippen LogP) is -9.44. The van der Waals surface area contributed by atoms with Crippen molar-refractivity contribution in [2.24, 2.45) is 0 Å². The van der Waals surface area contributed by atoms with Crippen LogP contribution in [0.25, 0.3) is 0 Å². The third kappa shape index (κ3) is 125. The summed E-state index contributed by atoms with van der Waals surface area (Å²) in [5, 5.41) is 0. The van der Waals surface area contributed by atoms with Crippen molar-refractivity contribution in [3.05, 3.63) is 0 Å². The van der Waals surface area contributed by atoms with Gasteiger partial charge in [-0.25, -0.2) is 16.8 Å². The average molecular weight is 434 g/mol. The van der Waals surface area contributed by atoms with Crippen LogP contribution in [0, 0.1) is 0 Å². The Balaban J connectivity index is -0.0000000692. The summed E-state index contributed by atoms with van der Waals surface area (Å²) in [6, 6.07) is 0. The second-order valence-electron chi connectivity index (χ2n) is 1.85. The molecular weight excluding hydrogens is 430 g/mol. The van der Waals surface area contributed by atoms with Gasteiger partial charge in [-0.2, -0.15) is 16.8 Å². The van der Waals surface area contributed by atoms with Crippen molar-refractivity contribution in [2.75, 3.05) is 0 Å². The summed E-state index contributed by atoms with van der Waals surface area (Å²) in [4.78, 5) is 0. The van der Waals surface area contributed by atoms with Crippen molar-refractivity contribution in [1.29, 1.82) is 0 Å². The van der Waals surface area contributed by atoms with E-state index in [0.29, 0.717) is 0 Å². The normalized spacial score (nSPS) is 11.4. The van der Waals surface area contributed by atoms with Crippen molar-refractivity contribution in [3.8, 4) is 0 Å². The zero-order chi connectivity index (χ0) is 17.4. The molecule has 0 bridgehead atoms. The Morgan fingerprint density at radius 2 is 0.636 bits per heavy atom. The third-order valence-electron chi connectivity index (χ3n) is 0.194. The summed E-state index contributed by atoms with van der Waals surface area (Å²) in [6.45, 7) is 0. The first-order valence-electron chi connectivity index (χ1n) is 2.90. The maximum absolute atomic E-state index is 9.37. The quantitative estimate of drug-likeness (QED) is 0.105. The fraction of sp³-hybridized carbons (Fsp3) is 0. The largest absolute Gasteiger partial charge is 1.00 e. The zero-order valence-corrected chi connectivity index (χ0v) is 17.6. The molecule has 0 aromatic heterocycles. The molecule has 16 nitrogen and oxygen atoms in total. The van der Waals surface area contributed by atoms with Crippen LogP contribution in [0.5, 0.6) is 0 Å². The van der Waals surface area contributed by atoms with E-state index < -0.39 is 41.6 Å². The minimum absolute atomic E-state index is 0. The number of hydrogen-bond donors (Lipinski definition) is 4. The fourth-order valence-corrected chi connectivity index (χ4v) is 0.612. The van der Waals surface area contributed by atoms with Crippen LogP contribution in [0.2, 0.25) is 0 Å². The van der Waals surface area contributed by atoms with Gasteiger partial charge in [-0.1, -0.05) is 0 Å². The summed E-state index contributed by atoms with van der Waals surface area (Å²) < 4.78 is 125. The van der Waals surface area contributed by atoms with Crippen molar-refractivity contribution in [1.82, 2.24) is 0 Å². The molecule has 0 spiro atoms. The summed E-state index contributed by atoms with van der Waals surface area (Å²) in [7, 11) is -20.0. The van der Waals surface area contributed by atoms with E-state index >= 15 is 0 Å². The molecule has 0 aromatic carbocycles. The Morgan fingerprint density at radius 1 is 0.545 bits per heavy atom. The second-order valence-corrected chi connectivity index (χ2v) is 5.54. The van der Waals surface area contributed by atoms with E-state index in [2.05, 4.69) is 8.67 Å². The zero-order valence-electron chi connectivity index (χ0n) is 10.3. The third-order valence-corrected chi connectivity index (χ3v) is 0.750. The van der Waals surface area contributed by atoms with Crippen molar-refractivity contribution in [3.63, 3.8) is 0 Å². The molecule has 0 amide bonds. The summed E-state index contributed by atoms with van der Waals surface area (Å²) >= 11 is 0. The van der Waals surface area contributed by atoms with Gasteiger partial charge in [0.25, 0.3) is 0 Å². The van der Waals surface area contributed by atoms with Gasteiger partial charge in [-0.15, -0.1) is 8.67 Å². The van der Waals surface area contributed by atoms with Crippen LogP contribution in [0.4, 0.5) is 0 Å². The van der Waals surface area contributed by atoms with E-state index in [-0.39, 0.29) is 59.1 Å². The monoisotopic (exact) mass is 434 g/mol. The topological polar surface area (TPSA) is 282 Å². The van der Waals surface area contributed by atoms with E-state index in [4.69, 9.17) is 35.0 Å². The van der Waals surface area contributed by atoms with Crippen LogP contribution >= 0.6 is 0 Å². The fourth-order valence-electron chi connectivity index (χ4n) is 0.0680. The first-order valence-corrected chi connectivity index (χ1v) is 8.36. The smallest absolute Gasteiger partial charge is 0.724 e. The minimum Gasteiger partial charge on any atom is -0.724 e. The van der Waals surface area contributed by atoms with Gasteiger partial charge in [0.1, 0.15) is 0 Å². The van der Waals surface area contributed by atoms with Gasteiger partial charge in [0.05, 0.1) is 0 Å². The van der Waals surface area contributed by atoms with E-state index in [1.807, 2.05) is 0 Å². The Hall–Kier alpha value is 1.48. The van der Waals surface area contributed by atoms with Crippen LogP contribution in [0.3, 0.4) is 0 Å². The molecule has 0 aliphatic rings. The van der Waals surface area contributed by atoms with E-state index in [1.165, 1.54) is 0 Å². The predicted molar refractivity (Wildman–Crippen MR) is 49.9 cm³/mol. The molecule has 0 fully saturated rings. The molecule has 126 valence electrons. The minimum atomic E-state index is -5.31. The van der Waals surface area contributed by atoms with Gasteiger partial charge in [0.15, 0.2) is 0 Å². The first-order chi connectivity index (χ1) is 8.21. The molecule has 0 heterocycles. The molecule has 4 N–H and O–H groups in total. The van der Waals surface area contributed by atoms with Crippen molar-refractivity contribution >= 4 is 41.6 Å². The molecule has 0 saturated carbocycles. The Labute approximate surface area is 168 Å². The molecule has 0 radical (unpaired) electrons. The van der Waals surface area contributed by atoms with Gasteiger partial charge >= 0.3 is 79.9 Å². The average Bonchev–Trinajstić information content (AvgIpc) is 1.90. The maximum Gasteiger partial charge on any atom is 1.00 e. The summed E-state index contributed by atoms with van der Waals surface area (Å²) in [6.07, 6.45) is 0. The summed E-state index contributed by atoms with van der Waals surface area (Å²) in [5.41, 5.74) is 0. The van der Waals surface area contributed by atoms with Crippen molar-refractivity contribution in [2.45, 2.75) is 0 Å². The van der Waals surface area contributed by atoms with Gasteiger partial charge in [-0.05, 0) is 0 Å². The van der Waals surface area contributed by atoms with Gasteiger partial charge in [0, 0.05) is 0 Å². The molecule has 22 heavy (non-hydrogen) atoms. The number of rotatable bonds is 3. The summed E-state index contributed by atoms with van der Waals surface area (Å²) in [5.74, 6) is 0. The van der Waals surface area contributed by atoms with E-state index in [0.717, 1.165) is 0 Å². The second kappa shape index (κ2) is 13.7. The molecule has 22 heteroatoms. The van der Waals surface area contributed by atoms with Crippen LogP contribution in [0.15, 0.2) is 0 Å². The van der Waals surface area contributed by atoms with E-state index in [1.54, 1.807) is 0 Å². The molecule has 0 atom stereocenters. The van der Waals surface area contributed by atoms with E-state index in [9.17, 15) is 25.9 Å². The van der Waals surface area contributed by atoms with Crippen LogP contribution < -0.4 is 59.1 Å². The maximum atomic E-state index is 9.37. The van der Waals surface area contributed by atoms with Crippen molar-refractivity contribution < 1.29 is 129 Å². The molecule has 0 aliphatic heterocycles. The Bertz CT molecular complexity index is 580. The molecule has 0 unspecified atom stereocenters.